The molecule has 0 bridgehead atoms. The van der Waals surface area contributed by atoms with Crippen LogP contribution in [0.3, 0.4) is 0 Å². The third-order valence-corrected chi connectivity index (χ3v) is 4.89. The summed E-state index contributed by atoms with van der Waals surface area (Å²) in [6.45, 7) is 5.07. The van der Waals surface area contributed by atoms with Gasteiger partial charge >= 0.3 is 5.97 Å². The molecular weight excluding hydrogens is 358 g/mol. The number of carbonyl (C=O) groups is 2. The first-order valence-electron chi connectivity index (χ1n) is 9.55. The maximum atomic E-state index is 12.5. The zero-order valence-corrected chi connectivity index (χ0v) is 16.4. The second-order valence-electron chi connectivity index (χ2n) is 6.81. The smallest absolute Gasteiger partial charge is 0.334 e. The number of aryl methyl sites for hydroxylation is 1. The van der Waals surface area contributed by atoms with Gasteiger partial charge in [0.2, 0.25) is 5.91 Å². The molecule has 2 heterocycles. The van der Waals surface area contributed by atoms with E-state index in [-0.39, 0.29) is 12.5 Å². The number of carbonyl (C=O) groups excluding carboxylic acids is 2. The van der Waals surface area contributed by atoms with E-state index in [1.165, 1.54) is 12.7 Å². The number of rotatable bonds is 6. The molecule has 2 aliphatic rings. The van der Waals surface area contributed by atoms with Gasteiger partial charge in [-0.25, -0.2) is 4.79 Å². The first-order chi connectivity index (χ1) is 13.6. The fraction of sp³-hybridized carbons (Fsp3) is 0.429. The molecule has 1 saturated heterocycles. The van der Waals surface area contributed by atoms with Crippen LogP contribution < -0.4 is 10.6 Å². The van der Waals surface area contributed by atoms with Gasteiger partial charge in [-0.3, -0.25) is 9.69 Å². The second-order valence-corrected chi connectivity index (χ2v) is 6.81. The Kier molecular flexibility index (Phi) is 6.84. The Labute approximate surface area is 165 Å². The molecular formula is C21H27N3O4. The number of amides is 1. The maximum absolute atomic E-state index is 12.5. The lowest BCUT2D eigenvalue weighted by atomic mass is 9.98. The van der Waals surface area contributed by atoms with Crippen LogP contribution in [0, 0.1) is 0 Å². The highest BCUT2D eigenvalue weighted by atomic mass is 16.5. The molecule has 7 heteroatoms. The van der Waals surface area contributed by atoms with Crippen LogP contribution in [-0.4, -0.2) is 62.8 Å². The standard InChI is InChI=1S/C21H27N3O4/c1-3-15-5-4-6-16(11-15)17-12-18(20(22-13-17)21(26)27-2)23-19(25)14-24-7-9-28-10-8-24/h4-6,11-13,20,22H,3,7-10,14H2,1-2H3,(H,23,25). The first-order valence-corrected chi connectivity index (χ1v) is 9.55. The molecule has 1 aromatic carbocycles. The highest BCUT2D eigenvalue weighted by Gasteiger charge is 2.28. The zero-order valence-electron chi connectivity index (χ0n) is 16.4. The van der Waals surface area contributed by atoms with Gasteiger partial charge in [0.15, 0.2) is 6.04 Å². The Hall–Kier alpha value is -2.64. The van der Waals surface area contributed by atoms with Crippen LogP contribution in [0.25, 0.3) is 5.57 Å². The van der Waals surface area contributed by atoms with Gasteiger partial charge in [0, 0.05) is 19.3 Å². The monoisotopic (exact) mass is 385 g/mol. The van der Waals surface area contributed by atoms with Crippen molar-refractivity contribution in [3.8, 4) is 0 Å². The van der Waals surface area contributed by atoms with E-state index >= 15 is 0 Å². The van der Waals surface area contributed by atoms with Gasteiger partial charge in [0.05, 0.1) is 32.6 Å². The molecule has 1 unspecified atom stereocenters. The van der Waals surface area contributed by atoms with Crippen LogP contribution in [0.5, 0.6) is 0 Å². The molecule has 28 heavy (non-hydrogen) atoms. The molecule has 1 aromatic rings. The Morgan fingerprint density at radius 2 is 2.11 bits per heavy atom. The van der Waals surface area contributed by atoms with Crippen LogP contribution in [-0.2, 0) is 25.5 Å². The number of morpholine rings is 1. The van der Waals surface area contributed by atoms with E-state index in [2.05, 4.69) is 29.7 Å². The van der Waals surface area contributed by atoms with Gasteiger partial charge in [-0.1, -0.05) is 31.2 Å². The molecule has 0 spiro atoms. The lowest BCUT2D eigenvalue weighted by molar-refractivity contribution is -0.141. The van der Waals surface area contributed by atoms with E-state index < -0.39 is 12.0 Å². The van der Waals surface area contributed by atoms with Crippen molar-refractivity contribution in [2.45, 2.75) is 19.4 Å². The average molecular weight is 385 g/mol. The van der Waals surface area contributed by atoms with Crippen LogP contribution >= 0.6 is 0 Å². The van der Waals surface area contributed by atoms with Crippen LogP contribution in [0.4, 0.5) is 0 Å². The van der Waals surface area contributed by atoms with E-state index in [0.29, 0.717) is 18.9 Å². The minimum atomic E-state index is -0.739. The number of ether oxygens (including phenoxy) is 2. The number of nitrogens with one attached hydrogen (secondary N) is 2. The first kappa shape index (κ1) is 20.1. The number of hydrogen-bond donors (Lipinski definition) is 2. The van der Waals surface area contributed by atoms with Gasteiger partial charge in [-0.05, 0) is 29.2 Å². The molecule has 0 aliphatic carbocycles. The normalized spacial score (nSPS) is 19.9. The SMILES string of the molecule is CCc1cccc(C2=CNC(C(=O)OC)C(NC(=O)CN3CCOCC3)=C2)c1. The third kappa shape index (κ3) is 4.99. The molecule has 7 nitrogen and oxygen atoms in total. The average Bonchev–Trinajstić information content (AvgIpc) is 2.73. The van der Waals surface area contributed by atoms with Crippen molar-refractivity contribution in [1.29, 1.82) is 0 Å². The third-order valence-electron chi connectivity index (χ3n) is 4.89. The van der Waals surface area contributed by atoms with Crippen molar-refractivity contribution in [2.75, 3.05) is 40.0 Å². The summed E-state index contributed by atoms with van der Waals surface area (Å²) < 4.78 is 10.2. The summed E-state index contributed by atoms with van der Waals surface area (Å²) in [6.07, 6.45) is 4.56. The van der Waals surface area contributed by atoms with E-state index in [1.54, 1.807) is 6.20 Å². The van der Waals surface area contributed by atoms with Crippen molar-refractivity contribution in [3.05, 3.63) is 53.4 Å². The molecule has 2 N–H and O–H groups in total. The molecule has 150 valence electrons. The fourth-order valence-corrected chi connectivity index (χ4v) is 3.28. The maximum Gasteiger partial charge on any atom is 0.334 e. The van der Waals surface area contributed by atoms with Crippen LogP contribution in [0.2, 0.25) is 0 Å². The summed E-state index contributed by atoms with van der Waals surface area (Å²) in [5.41, 5.74) is 3.64. The minimum absolute atomic E-state index is 0.160. The second kappa shape index (κ2) is 9.52. The number of hydrogen-bond acceptors (Lipinski definition) is 6. The summed E-state index contributed by atoms with van der Waals surface area (Å²) in [7, 11) is 1.33. The number of nitrogens with zero attached hydrogens (tertiary/aromatic N) is 1. The molecule has 0 aromatic heterocycles. The summed E-state index contributed by atoms with van der Waals surface area (Å²) in [4.78, 5) is 26.7. The zero-order chi connectivity index (χ0) is 19.9. The predicted octanol–water partition coefficient (Wildman–Crippen LogP) is 1.07. The lowest BCUT2D eigenvalue weighted by Crippen LogP contribution is -2.48. The number of esters is 1. The Morgan fingerprint density at radius 1 is 1.32 bits per heavy atom. The highest BCUT2D eigenvalue weighted by molar-refractivity contribution is 5.88. The molecule has 1 fully saturated rings. The molecule has 1 atom stereocenters. The van der Waals surface area contributed by atoms with Gasteiger partial charge in [0.1, 0.15) is 0 Å². The summed E-state index contributed by atoms with van der Waals surface area (Å²) in [5.74, 6) is -0.608. The highest BCUT2D eigenvalue weighted by Crippen LogP contribution is 2.22. The van der Waals surface area contributed by atoms with Crippen molar-refractivity contribution in [2.24, 2.45) is 0 Å². The van der Waals surface area contributed by atoms with Crippen LogP contribution in [0.15, 0.2) is 42.2 Å². The van der Waals surface area contributed by atoms with Gasteiger partial charge in [-0.2, -0.15) is 0 Å². The fourth-order valence-electron chi connectivity index (χ4n) is 3.28. The van der Waals surface area contributed by atoms with E-state index in [1.807, 2.05) is 23.1 Å². The van der Waals surface area contributed by atoms with E-state index in [9.17, 15) is 9.59 Å². The molecule has 0 radical (unpaired) electrons. The van der Waals surface area contributed by atoms with E-state index in [0.717, 1.165) is 30.6 Å². The van der Waals surface area contributed by atoms with Gasteiger partial charge < -0.3 is 20.1 Å². The van der Waals surface area contributed by atoms with Crippen molar-refractivity contribution >= 4 is 17.4 Å². The predicted molar refractivity (Wildman–Crippen MR) is 106 cm³/mol. The molecule has 0 saturated carbocycles. The molecule has 2 aliphatic heterocycles. The van der Waals surface area contributed by atoms with Crippen molar-refractivity contribution < 1.29 is 19.1 Å². The van der Waals surface area contributed by atoms with E-state index in [4.69, 9.17) is 9.47 Å². The Bertz CT molecular complexity index is 782. The summed E-state index contributed by atoms with van der Waals surface area (Å²) in [6, 6.07) is 7.46. The molecule has 1 amide bonds. The van der Waals surface area contributed by atoms with Crippen molar-refractivity contribution in [3.63, 3.8) is 0 Å². The van der Waals surface area contributed by atoms with Gasteiger partial charge in [-0.15, -0.1) is 0 Å². The Morgan fingerprint density at radius 3 is 2.82 bits per heavy atom. The quantitative estimate of drug-likeness (QED) is 0.713. The van der Waals surface area contributed by atoms with Crippen LogP contribution in [0.1, 0.15) is 18.1 Å². The number of dihydropyridines is 1. The number of allylic oxidation sites excluding steroid dienone is 2. The summed E-state index contributed by atoms with van der Waals surface area (Å²) in [5, 5.41) is 5.96. The molecule has 3 rings (SSSR count). The minimum Gasteiger partial charge on any atom is -0.467 e. The lowest BCUT2D eigenvalue weighted by Gasteiger charge is -2.28. The number of benzene rings is 1. The van der Waals surface area contributed by atoms with Gasteiger partial charge in [0.25, 0.3) is 0 Å². The van der Waals surface area contributed by atoms with Crippen molar-refractivity contribution in [1.82, 2.24) is 15.5 Å². The summed E-state index contributed by atoms with van der Waals surface area (Å²) >= 11 is 0. The Balaban J connectivity index is 1.77. The largest absolute Gasteiger partial charge is 0.467 e. The topological polar surface area (TPSA) is 79.9 Å². The number of methoxy groups -OCH3 is 1.